The van der Waals surface area contributed by atoms with E-state index in [2.05, 4.69) is 11.0 Å². The van der Waals surface area contributed by atoms with Gasteiger partial charge in [-0.25, -0.2) is 0 Å². The summed E-state index contributed by atoms with van der Waals surface area (Å²) in [6.45, 7) is 12.0. The number of hydrogen-bond donors (Lipinski definition) is 1. The van der Waals surface area contributed by atoms with Gasteiger partial charge in [0, 0.05) is 12.1 Å². The first-order chi connectivity index (χ1) is 18.0. The number of ketones is 1. The van der Waals surface area contributed by atoms with E-state index in [1.165, 1.54) is 38.1 Å². The predicted octanol–water partition coefficient (Wildman–Crippen LogP) is 6.22. The maximum atomic E-state index is 12.5. The van der Waals surface area contributed by atoms with E-state index in [0.717, 1.165) is 52.3 Å². The van der Waals surface area contributed by atoms with Crippen LogP contribution >= 0.6 is 0 Å². The van der Waals surface area contributed by atoms with Crippen molar-refractivity contribution in [3.05, 3.63) is 100 Å². The van der Waals surface area contributed by atoms with Crippen LogP contribution in [0.4, 0.5) is 0 Å². The maximum absolute atomic E-state index is 12.5. The number of carbonyl (C=O) groups excluding carboxylic acids is 1. The lowest BCUT2D eigenvalue weighted by atomic mass is 10.0. The molecule has 0 aromatic heterocycles. The first-order valence-corrected chi connectivity index (χ1v) is 14.3. The summed E-state index contributed by atoms with van der Waals surface area (Å²) in [6.07, 6.45) is 6.16. The summed E-state index contributed by atoms with van der Waals surface area (Å²) in [6, 6.07) is 18.0. The van der Waals surface area contributed by atoms with Crippen LogP contribution in [-0.2, 0) is 10.1 Å². The number of rotatable bonds is 8. The van der Waals surface area contributed by atoms with Crippen molar-refractivity contribution in [1.82, 2.24) is 4.90 Å². The van der Waals surface area contributed by atoms with E-state index in [1.807, 2.05) is 64.1 Å². The quantitative estimate of drug-likeness (QED) is 0.209. The number of ether oxygens (including phenoxy) is 1. The lowest BCUT2D eigenvalue weighted by molar-refractivity contribution is 0.104. The van der Waals surface area contributed by atoms with Crippen LogP contribution in [0.1, 0.15) is 51.0 Å². The zero-order valence-corrected chi connectivity index (χ0v) is 23.4. The highest BCUT2D eigenvalue weighted by Crippen LogP contribution is 2.19. The molecule has 1 heterocycles. The predicted molar refractivity (Wildman–Crippen MR) is 153 cm³/mol. The van der Waals surface area contributed by atoms with E-state index in [-0.39, 0.29) is 10.7 Å². The summed E-state index contributed by atoms with van der Waals surface area (Å²) in [7, 11) is -4.02. The van der Waals surface area contributed by atoms with Gasteiger partial charge in [0.25, 0.3) is 10.1 Å². The zero-order chi connectivity index (χ0) is 27.7. The zero-order valence-electron chi connectivity index (χ0n) is 22.6. The summed E-state index contributed by atoms with van der Waals surface area (Å²) in [5.74, 6) is 0.927. The van der Waals surface area contributed by atoms with Crippen molar-refractivity contribution < 1.29 is 22.5 Å². The summed E-state index contributed by atoms with van der Waals surface area (Å²) in [5, 5.41) is 0. The van der Waals surface area contributed by atoms with E-state index in [9.17, 15) is 13.2 Å². The van der Waals surface area contributed by atoms with Crippen molar-refractivity contribution in [3.63, 3.8) is 0 Å². The van der Waals surface area contributed by atoms with Crippen LogP contribution < -0.4 is 4.74 Å². The van der Waals surface area contributed by atoms with Crippen molar-refractivity contribution in [3.8, 4) is 5.75 Å². The summed E-state index contributed by atoms with van der Waals surface area (Å²) >= 11 is 0. The van der Waals surface area contributed by atoms with Crippen LogP contribution in [0.25, 0.3) is 6.08 Å². The molecule has 0 bridgehead atoms. The number of benzene rings is 3. The Kier molecular flexibility index (Phi) is 10.4. The van der Waals surface area contributed by atoms with Gasteiger partial charge in [0.05, 0.1) is 4.90 Å². The van der Waals surface area contributed by atoms with Gasteiger partial charge in [-0.15, -0.1) is 0 Å². The van der Waals surface area contributed by atoms with E-state index in [4.69, 9.17) is 9.29 Å². The van der Waals surface area contributed by atoms with E-state index >= 15 is 0 Å². The molecule has 1 aliphatic heterocycles. The van der Waals surface area contributed by atoms with Gasteiger partial charge >= 0.3 is 0 Å². The van der Waals surface area contributed by atoms with Crippen LogP contribution in [0.15, 0.2) is 71.6 Å². The molecule has 0 unspecified atom stereocenters. The fraction of sp³-hybridized carbons (Fsp3) is 0.323. The Hall–Kier alpha value is -3.26. The highest BCUT2D eigenvalue weighted by Gasteiger charge is 2.11. The fourth-order valence-electron chi connectivity index (χ4n) is 4.31. The smallest absolute Gasteiger partial charge is 0.294 e. The molecule has 0 radical (unpaired) electrons. The van der Waals surface area contributed by atoms with Gasteiger partial charge < -0.3 is 4.74 Å². The van der Waals surface area contributed by atoms with Crippen molar-refractivity contribution in [2.75, 3.05) is 26.2 Å². The molecule has 1 N–H and O–H groups in total. The Morgan fingerprint density at radius 3 is 2.11 bits per heavy atom. The molecular weight excluding hydrogens is 498 g/mol. The SMILES string of the molecule is Cc1cc(C)cc(C(=O)C=Cc2ccc(OCCN3CCCC3)cc2C)c1.Cc1ccc(S(=O)(=O)O)cc1. The molecule has 0 saturated carbocycles. The van der Waals surface area contributed by atoms with Crippen LogP contribution in [-0.4, -0.2) is 49.9 Å². The monoisotopic (exact) mass is 535 g/mol. The van der Waals surface area contributed by atoms with Gasteiger partial charge in [-0.05, 0) is 107 Å². The van der Waals surface area contributed by atoms with E-state index < -0.39 is 10.1 Å². The second kappa shape index (κ2) is 13.5. The van der Waals surface area contributed by atoms with Crippen LogP contribution in [0, 0.1) is 27.7 Å². The summed E-state index contributed by atoms with van der Waals surface area (Å²) in [5.41, 5.74) is 6.06. The fourth-order valence-corrected chi connectivity index (χ4v) is 4.79. The van der Waals surface area contributed by atoms with Crippen molar-refractivity contribution in [2.24, 2.45) is 0 Å². The molecule has 3 aromatic rings. The molecule has 3 aromatic carbocycles. The van der Waals surface area contributed by atoms with Gasteiger partial charge in [-0.2, -0.15) is 8.42 Å². The Labute approximate surface area is 226 Å². The molecule has 1 fully saturated rings. The summed E-state index contributed by atoms with van der Waals surface area (Å²) < 4.78 is 35.4. The standard InChI is InChI=1S/C24H29NO2.C7H8O3S/c1-18-14-19(2)16-22(15-18)24(26)9-7-21-6-8-23(17-20(21)3)27-13-12-25-10-4-5-11-25;1-6-2-4-7(5-3-6)11(8,9)10/h6-9,14-17H,4-5,10-13H2,1-3H3;2-5H,1H3,(H,8,9,10). The lowest BCUT2D eigenvalue weighted by Gasteiger charge is -2.15. The number of aryl methyl sites for hydroxylation is 4. The molecule has 0 amide bonds. The Morgan fingerprint density at radius 2 is 1.53 bits per heavy atom. The molecule has 1 saturated heterocycles. The van der Waals surface area contributed by atoms with Crippen LogP contribution in [0.2, 0.25) is 0 Å². The molecule has 4 rings (SSSR count). The molecule has 7 heteroatoms. The second-order valence-electron chi connectivity index (χ2n) is 9.78. The van der Waals surface area contributed by atoms with E-state index in [1.54, 1.807) is 18.2 Å². The average Bonchev–Trinajstić information content (AvgIpc) is 3.36. The van der Waals surface area contributed by atoms with E-state index in [0.29, 0.717) is 0 Å². The molecule has 0 atom stereocenters. The number of carbonyl (C=O) groups is 1. The number of likely N-dealkylation sites (tertiary alicyclic amines) is 1. The van der Waals surface area contributed by atoms with Crippen LogP contribution in [0.3, 0.4) is 0 Å². The molecule has 6 nitrogen and oxygen atoms in total. The third-order valence-corrected chi connectivity index (χ3v) is 7.22. The third kappa shape index (κ3) is 9.24. The second-order valence-corrected chi connectivity index (χ2v) is 11.2. The maximum Gasteiger partial charge on any atom is 0.294 e. The molecule has 1 aliphatic rings. The van der Waals surface area contributed by atoms with Gasteiger partial charge in [0.15, 0.2) is 5.78 Å². The molecule has 202 valence electrons. The normalized spacial score (nSPS) is 13.8. The van der Waals surface area contributed by atoms with Crippen LogP contribution in [0.5, 0.6) is 5.75 Å². The Bertz CT molecular complexity index is 1350. The Balaban J connectivity index is 0.000000304. The minimum atomic E-state index is -4.02. The number of allylic oxidation sites excluding steroid dienone is 1. The number of nitrogens with zero attached hydrogens (tertiary/aromatic N) is 1. The minimum Gasteiger partial charge on any atom is -0.492 e. The van der Waals surface area contributed by atoms with Crippen molar-refractivity contribution >= 4 is 22.0 Å². The number of hydrogen-bond acceptors (Lipinski definition) is 5. The highest BCUT2D eigenvalue weighted by atomic mass is 32.2. The highest BCUT2D eigenvalue weighted by molar-refractivity contribution is 7.85. The third-order valence-electron chi connectivity index (χ3n) is 6.36. The van der Waals surface area contributed by atoms with Gasteiger partial charge in [-0.3, -0.25) is 14.2 Å². The van der Waals surface area contributed by atoms with Gasteiger partial charge in [0.1, 0.15) is 12.4 Å². The first kappa shape index (κ1) is 29.3. The largest absolute Gasteiger partial charge is 0.492 e. The molecule has 0 aliphatic carbocycles. The molecule has 0 spiro atoms. The lowest BCUT2D eigenvalue weighted by Crippen LogP contribution is -2.25. The first-order valence-electron chi connectivity index (χ1n) is 12.8. The molecule has 38 heavy (non-hydrogen) atoms. The van der Waals surface area contributed by atoms with Crippen molar-refractivity contribution in [2.45, 2.75) is 45.4 Å². The van der Waals surface area contributed by atoms with Crippen molar-refractivity contribution in [1.29, 1.82) is 0 Å². The van der Waals surface area contributed by atoms with Gasteiger partial charge in [0.2, 0.25) is 0 Å². The Morgan fingerprint density at radius 1 is 0.895 bits per heavy atom. The summed E-state index contributed by atoms with van der Waals surface area (Å²) in [4.78, 5) is 14.8. The topological polar surface area (TPSA) is 83.9 Å². The van der Waals surface area contributed by atoms with Gasteiger partial charge in [-0.1, -0.05) is 47.0 Å². The average molecular weight is 536 g/mol. The minimum absolute atomic E-state index is 0.0344. The molecular formula is C31H37NO5S.